The van der Waals surface area contributed by atoms with Gasteiger partial charge in [-0.05, 0) is 42.9 Å². The number of hydrogen-bond acceptors (Lipinski definition) is 6. The van der Waals surface area contributed by atoms with Gasteiger partial charge in [0.2, 0.25) is 0 Å². The standard InChI is InChI=1S/C22H34O6/c1-11-13-8-14(28-12(2)24)17-21(10-23)7-5-6-20(3,4)15(21)9-16(25)22(17,18(11)26)19(13)27/h11,13-17,19,23,25,27H,5-10H2,1-4H3/t11-,13+,14-,15+,16+,17?,19?,21-,22-/m0/s1. The van der Waals surface area contributed by atoms with Crippen LogP contribution in [0.3, 0.4) is 0 Å². The number of Topliss-reactive ketones (excluding diaryl/α,β-unsaturated/α-hetero) is 1. The number of esters is 1. The molecule has 4 rings (SSSR count). The van der Waals surface area contributed by atoms with E-state index in [0.717, 1.165) is 12.8 Å². The fourth-order valence-corrected chi connectivity index (χ4v) is 8.12. The molecule has 0 radical (unpaired) electrons. The zero-order valence-corrected chi connectivity index (χ0v) is 17.4. The molecule has 28 heavy (non-hydrogen) atoms. The van der Waals surface area contributed by atoms with E-state index in [1.54, 1.807) is 0 Å². The maximum absolute atomic E-state index is 13.5. The lowest BCUT2D eigenvalue weighted by Crippen LogP contribution is -2.72. The largest absolute Gasteiger partial charge is 0.462 e. The molecule has 0 aromatic carbocycles. The normalized spacial score (nSPS) is 52.0. The Morgan fingerprint density at radius 1 is 1.21 bits per heavy atom. The van der Waals surface area contributed by atoms with E-state index in [9.17, 15) is 24.9 Å². The summed E-state index contributed by atoms with van der Waals surface area (Å²) < 4.78 is 5.75. The van der Waals surface area contributed by atoms with Crippen LogP contribution in [0.1, 0.15) is 59.8 Å². The molecule has 0 aromatic rings. The van der Waals surface area contributed by atoms with Gasteiger partial charge >= 0.3 is 5.97 Å². The molecule has 9 atom stereocenters. The van der Waals surface area contributed by atoms with Crippen molar-refractivity contribution < 1.29 is 29.6 Å². The molecular weight excluding hydrogens is 360 g/mol. The van der Waals surface area contributed by atoms with Gasteiger partial charge in [-0.3, -0.25) is 9.59 Å². The highest BCUT2D eigenvalue weighted by atomic mass is 16.5. The number of carbonyl (C=O) groups excluding carboxylic acids is 2. The van der Waals surface area contributed by atoms with Crippen molar-refractivity contribution in [3.63, 3.8) is 0 Å². The molecule has 2 unspecified atom stereocenters. The first-order chi connectivity index (χ1) is 13.0. The molecule has 4 fully saturated rings. The van der Waals surface area contributed by atoms with E-state index >= 15 is 0 Å². The first-order valence-electron chi connectivity index (χ1n) is 10.7. The summed E-state index contributed by atoms with van der Waals surface area (Å²) in [4.78, 5) is 25.5. The molecule has 0 heterocycles. The predicted octanol–water partition coefficient (Wildman–Crippen LogP) is 1.69. The maximum Gasteiger partial charge on any atom is 0.302 e. The number of rotatable bonds is 2. The van der Waals surface area contributed by atoms with Crippen molar-refractivity contribution in [1.29, 1.82) is 0 Å². The van der Waals surface area contributed by atoms with Crippen LogP contribution in [-0.2, 0) is 14.3 Å². The lowest BCUT2D eigenvalue weighted by atomic mass is 9.39. The van der Waals surface area contributed by atoms with Crippen molar-refractivity contribution in [3.05, 3.63) is 0 Å². The van der Waals surface area contributed by atoms with Crippen molar-refractivity contribution >= 4 is 11.8 Å². The molecule has 0 amide bonds. The predicted molar refractivity (Wildman–Crippen MR) is 101 cm³/mol. The van der Waals surface area contributed by atoms with Gasteiger partial charge in [0.05, 0.1) is 17.6 Å². The number of ketones is 1. The van der Waals surface area contributed by atoms with Crippen LogP contribution >= 0.6 is 0 Å². The third kappa shape index (κ3) is 2.25. The molecule has 6 nitrogen and oxygen atoms in total. The number of aliphatic hydroxyl groups is 3. The highest BCUT2D eigenvalue weighted by Gasteiger charge is 2.77. The smallest absolute Gasteiger partial charge is 0.302 e. The van der Waals surface area contributed by atoms with Crippen LogP contribution in [0.25, 0.3) is 0 Å². The minimum atomic E-state index is -1.35. The molecule has 4 aliphatic carbocycles. The van der Waals surface area contributed by atoms with Gasteiger partial charge in [-0.25, -0.2) is 0 Å². The van der Waals surface area contributed by atoms with Crippen molar-refractivity contribution in [2.24, 2.45) is 39.9 Å². The van der Waals surface area contributed by atoms with Crippen LogP contribution in [-0.4, -0.2) is 52.0 Å². The lowest BCUT2D eigenvalue weighted by molar-refractivity contribution is -0.266. The summed E-state index contributed by atoms with van der Waals surface area (Å²) in [7, 11) is 0. The van der Waals surface area contributed by atoms with E-state index < -0.39 is 46.9 Å². The van der Waals surface area contributed by atoms with Crippen LogP contribution in [0.4, 0.5) is 0 Å². The van der Waals surface area contributed by atoms with E-state index in [-0.39, 0.29) is 29.6 Å². The Hall–Kier alpha value is -0.980. The third-order valence-electron chi connectivity index (χ3n) is 9.11. The first kappa shape index (κ1) is 20.3. The Morgan fingerprint density at radius 2 is 1.89 bits per heavy atom. The number of hydrogen-bond donors (Lipinski definition) is 3. The average Bonchev–Trinajstić information content (AvgIpc) is 2.73. The number of carbonyl (C=O) groups is 2. The van der Waals surface area contributed by atoms with Gasteiger partial charge in [-0.1, -0.05) is 27.2 Å². The summed E-state index contributed by atoms with van der Waals surface area (Å²) in [6.45, 7) is 7.37. The van der Waals surface area contributed by atoms with E-state index in [1.807, 2.05) is 6.92 Å². The molecule has 0 aromatic heterocycles. The minimum Gasteiger partial charge on any atom is -0.462 e. The monoisotopic (exact) mass is 394 g/mol. The van der Waals surface area contributed by atoms with Crippen LogP contribution in [0.15, 0.2) is 0 Å². The molecule has 1 spiro atoms. The van der Waals surface area contributed by atoms with E-state index in [0.29, 0.717) is 19.3 Å². The van der Waals surface area contributed by atoms with Crippen molar-refractivity contribution in [1.82, 2.24) is 0 Å². The van der Waals surface area contributed by atoms with Gasteiger partial charge in [0.1, 0.15) is 11.9 Å². The highest BCUT2D eigenvalue weighted by Crippen LogP contribution is 2.71. The summed E-state index contributed by atoms with van der Waals surface area (Å²) in [5.41, 5.74) is -2.11. The fourth-order valence-electron chi connectivity index (χ4n) is 8.12. The Morgan fingerprint density at radius 3 is 2.50 bits per heavy atom. The van der Waals surface area contributed by atoms with Gasteiger partial charge in [0.25, 0.3) is 0 Å². The fraction of sp³-hybridized carbons (Fsp3) is 0.909. The van der Waals surface area contributed by atoms with Gasteiger partial charge in [0, 0.05) is 30.8 Å². The molecule has 4 aliphatic rings. The molecule has 4 saturated carbocycles. The Labute approximate surface area is 166 Å². The summed E-state index contributed by atoms with van der Waals surface area (Å²) >= 11 is 0. The van der Waals surface area contributed by atoms with Crippen LogP contribution in [0, 0.1) is 39.9 Å². The van der Waals surface area contributed by atoms with Crippen LogP contribution in [0.2, 0.25) is 0 Å². The second-order valence-corrected chi connectivity index (χ2v) is 10.6. The van der Waals surface area contributed by atoms with Gasteiger partial charge in [-0.2, -0.15) is 0 Å². The van der Waals surface area contributed by atoms with Crippen molar-refractivity contribution in [3.8, 4) is 0 Å². The summed E-state index contributed by atoms with van der Waals surface area (Å²) in [6.07, 6.45) is 0.874. The Balaban J connectivity index is 1.94. The average molecular weight is 395 g/mol. The number of fused-ring (bicyclic) bond motifs is 3. The lowest BCUT2D eigenvalue weighted by Gasteiger charge is -2.66. The zero-order chi connectivity index (χ0) is 20.6. The third-order valence-corrected chi connectivity index (χ3v) is 9.11. The minimum absolute atomic E-state index is 0.00473. The topological polar surface area (TPSA) is 104 Å². The molecule has 2 bridgehead atoms. The van der Waals surface area contributed by atoms with E-state index in [4.69, 9.17) is 4.74 Å². The van der Waals surface area contributed by atoms with Crippen molar-refractivity contribution in [2.75, 3.05) is 6.61 Å². The number of ether oxygens (including phenoxy) is 1. The van der Waals surface area contributed by atoms with Gasteiger partial charge < -0.3 is 20.1 Å². The number of aliphatic hydroxyl groups excluding tert-OH is 3. The van der Waals surface area contributed by atoms with E-state index in [2.05, 4.69) is 13.8 Å². The molecule has 158 valence electrons. The Bertz CT molecular complexity index is 689. The molecule has 6 heteroatoms. The van der Waals surface area contributed by atoms with Gasteiger partial charge in [-0.15, -0.1) is 0 Å². The second kappa shape index (κ2) is 6.26. The second-order valence-electron chi connectivity index (χ2n) is 10.6. The zero-order valence-electron chi connectivity index (χ0n) is 17.4. The quantitative estimate of drug-likeness (QED) is 0.616. The Kier molecular flexibility index (Phi) is 4.54. The van der Waals surface area contributed by atoms with Crippen LogP contribution in [0.5, 0.6) is 0 Å². The van der Waals surface area contributed by atoms with Crippen molar-refractivity contribution in [2.45, 2.75) is 78.1 Å². The van der Waals surface area contributed by atoms with E-state index in [1.165, 1.54) is 6.92 Å². The molecule has 0 aliphatic heterocycles. The summed E-state index contributed by atoms with van der Waals surface area (Å²) in [5, 5.41) is 33.4. The molecule has 0 saturated heterocycles. The first-order valence-corrected chi connectivity index (χ1v) is 10.7. The van der Waals surface area contributed by atoms with Crippen LogP contribution < -0.4 is 0 Å². The summed E-state index contributed by atoms with van der Waals surface area (Å²) in [6, 6.07) is 0. The molecular formula is C22H34O6. The van der Waals surface area contributed by atoms with Gasteiger partial charge in [0.15, 0.2) is 0 Å². The molecule has 3 N–H and O–H groups in total. The SMILES string of the molecule is CC(=O)O[C@H]1C[C@H]2C(O)[C@]3(C(=O)[C@H]2C)C1[C@]1(CO)CCCC(C)(C)[C@H]1C[C@H]3O. The highest BCUT2D eigenvalue weighted by molar-refractivity contribution is 5.92. The summed E-state index contributed by atoms with van der Waals surface area (Å²) in [5.74, 6) is -1.83. The maximum atomic E-state index is 13.5.